The van der Waals surface area contributed by atoms with E-state index in [2.05, 4.69) is 15.1 Å². The number of nitrogens with zero attached hydrogens (tertiary/aromatic N) is 5. The fourth-order valence-corrected chi connectivity index (χ4v) is 6.37. The zero-order chi connectivity index (χ0) is 38.2. The van der Waals surface area contributed by atoms with E-state index in [0.717, 1.165) is 54.9 Å². The number of carbonyl (C=O) groups is 1. The van der Waals surface area contributed by atoms with Crippen LogP contribution in [0.4, 0.5) is 5.82 Å². The lowest BCUT2D eigenvalue weighted by atomic mass is 9.97. The van der Waals surface area contributed by atoms with Gasteiger partial charge in [-0.1, -0.05) is 35.9 Å². The second kappa shape index (κ2) is 17.4. The molecule has 7 rings (SSSR count). The van der Waals surface area contributed by atoms with Gasteiger partial charge in [0.1, 0.15) is 11.9 Å². The summed E-state index contributed by atoms with van der Waals surface area (Å²) < 4.78 is 46.5. The minimum absolute atomic E-state index is 0.0357. The first kappa shape index (κ1) is 38.7. The zero-order valence-corrected chi connectivity index (χ0v) is 31.1. The summed E-state index contributed by atoms with van der Waals surface area (Å²) in [5.74, 6) is 0.516. The van der Waals surface area contributed by atoms with Crippen LogP contribution in [0.2, 0.25) is 0 Å². The van der Waals surface area contributed by atoms with Crippen LogP contribution in [0, 0.1) is 12.8 Å². The van der Waals surface area contributed by atoms with Crippen LogP contribution in [0.25, 0.3) is 33.5 Å². The standard InChI is InChI=1S/C38H40N6O5.CH4O3S/c1-25-2-5-28(6-3-25)33-22-43(19-26-8-10-47-11-9-26)23-34(37(33)46)36(45)14-27-4-7-35(40-16-27)32-15-29(17-41-38(32)39)30-18-42-44(20-30)21-31-24-48-12-13-49-31;1-5(2,3)4/h2-7,15-18,20,22-23,26,31H,8-14,19,21,24H2,1H3,(H2,39,41);1H3,(H,2,3,4)/t31-;/m0./s1. The van der Waals surface area contributed by atoms with Crippen molar-refractivity contribution in [3.8, 4) is 33.5 Å². The van der Waals surface area contributed by atoms with E-state index in [0.29, 0.717) is 66.7 Å². The molecule has 0 unspecified atom stereocenters. The van der Waals surface area contributed by atoms with E-state index in [9.17, 15) is 18.0 Å². The van der Waals surface area contributed by atoms with E-state index in [4.69, 9.17) is 24.5 Å². The molecule has 0 radical (unpaired) electrons. The Morgan fingerprint density at radius 3 is 2.33 bits per heavy atom. The van der Waals surface area contributed by atoms with Crippen molar-refractivity contribution < 1.29 is 32.0 Å². The van der Waals surface area contributed by atoms with Crippen molar-refractivity contribution in [3.63, 3.8) is 0 Å². The number of ether oxygens (including phenoxy) is 3. The number of hydrogen-bond acceptors (Lipinski definition) is 11. The van der Waals surface area contributed by atoms with E-state index in [1.54, 1.807) is 24.8 Å². The molecule has 2 aliphatic heterocycles. The van der Waals surface area contributed by atoms with E-state index in [-0.39, 0.29) is 29.3 Å². The van der Waals surface area contributed by atoms with Crippen molar-refractivity contribution >= 4 is 21.7 Å². The molecule has 0 bridgehead atoms. The van der Waals surface area contributed by atoms with Gasteiger partial charge in [0, 0.05) is 79.4 Å². The number of aryl methyl sites for hydroxylation is 1. The van der Waals surface area contributed by atoms with Crippen LogP contribution in [0.1, 0.15) is 34.3 Å². The molecule has 3 N–H and O–H groups in total. The molecule has 54 heavy (non-hydrogen) atoms. The van der Waals surface area contributed by atoms with Gasteiger partial charge in [-0.2, -0.15) is 13.5 Å². The number of hydrogen-bond donors (Lipinski definition) is 2. The smallest absolute Gasteiger partial charge is 0.261 e. The molecule has 5 aromatic rings. The molecule has 14 nitrogen and oxygen atoms in total. The van der Waals surface area contributed by atoms with Gasteiger partial charge in [-0.25, -0.2) is 4.98 Å². The highest BCUT2D eigenvalue weighted by molar-refractivity contribution is 7.85. The first-order valence-corrected chi connectivity index (χ1v) is 19.5. The molecule has 1 aromatic carbocycles. The van der Waals surface area contributed by atoms with Crippen molar-refractivity contribution in [3.05, 3.63) is 107 Å². The van der Waals surface area contributed by atoms with Gasteiger partial charge < -0.3 is 24.5 Å². The Morgan fingerprint density at radius 2 is 1.65 bits per heavy atom. The fraction of sp³-hybridized carbons (Fsp3) is 0.359. The number of benzene rings is 1. The second-order valence-electron chi connectivity index (χ2n) is 13.6. The van der Waals surface area contributed by atoms with E-state index >= 15 is 0 Å². The Kier molecular flexibility index (Phi) is 12.4. The zero-order valence-electron chi connectivity index (χ0n) is 30.3. The Hall–Kier alpha value is -5.06. The SMILES string of the molecule is CS(=O)(=O)O.Cc1ccc(-c2cn(CC3CCOCC3)cc(C(=O)Cc3ccc(-c4cc(-c5cnn(C[C@H]6COCCO6)c5)cnc4N)nc3)c2=O)cc1. The van der Waals surface area contributed by atoms with Crippen LogP contribution in [0.3, 0.4) is 0 Å². The van der Waals surface area contributed by atoms with Gasteiger partial charge in [0.15, 0.2) is 11.2 Å². The predicted molar refractivity (Wildman–Crippen MR) is 204 cm³/mol. The third kappa shape index (κ3) is 10.5. The highest BCUT2D eigenvalue weighted by Gasteiger charge is 2.21. The van der Waals surface area contributed by atoms with Crippen molar-refractivity contribution in [2.45, 2.75) is 45.4 Å². The highest BCUT2D eigenvalue weighted by atomic mass is 32.2. The Balaban J connectivity index is 0.000000934. The maximum atomic E-state index is 13.7. The van der Waals surface area contributed by atoms with E-state index in [1.807, 2.05) is 71.0 Å². The molecule has 2 aliphatic rings. The van der Waals surface area contributed by atoms with Gasteiger partial charge in [-0.05, 0) is 48.9 Å². The topological polar surface area (TPSA) is 191 Å². The predicted octanol–water partition coefficient (Wildman–Crippen LogP) is 4.50. The summed E-state index contributed by atoms with van der Waals surface area (Å²) in [6.07, 6.45) is 13.3. The molecule has 2 fully saturated rings. The summed E-state index contributed by atoms with van der Waals surface area (Å²) >= 11 is 0. The average Bonchev–Trinajstić information content (AvgIpc) is 3.62. The number of carbonyl (C=O) groups excluding carboxylic acids is 1. The lowest BCUT2D eigenvalue weighted by molar-refractivity contribution is -0.0946. The summed E-state index contributed by atoms with van der Waals surface area (Å²) in [5.41, 5.74) is 12.4. The molecular formula is C39H44N6O8S. The molecule has 4 aromatic heterocycles. The van der Waals surface area contributed by atoms with Crippen LogP contribution < -0.4 is 11.2 Å². The molecular weight excluding hydrogens is 713 g/mol. The van der Waals surface area contributed by atoms with Gasteiger partial charge >= 0.3 is 0 Å². The van der Waals surface area contributed by atoms with E-state index in [1.165, 1.54) is 0 Å². The maximum absolute atomic E-state index is 13.7. The molecule has 0 saturated carbocycles. The van der Waals surface area contributed by atoms with Crippen molar-refractivity contribution in [1.82, 2.24) is 24.3 Å². The lowest BCUT2D eigenvalue weighted by Crippen LogP contribution is -2.32. The van der Waals surface area contributed by atoms with Gasteiger partial charge in [-0.15, -0.1) is 0 Å². The van der Waals surface area contributed by atoms with Crippen LogP contribution in [0.15, 0.2) is 84.4 Å². The monoisotopic (exact) mass is 756 g/mol. The fourth-order valence-electron chi connectivity index (χ4n) is 6.37. The number of rotatable bonds is 10. The molecule has 6 heterocycles. The summed E-state index contributed by atoms with van der Waals surface area (Å²) in [4.78, 5) is 36.6. The minimum atomic E-state index is -3.67. The van der Waals surface area contributed by atoms with Crippen molar-refractivity contribution in [1.29, 1.82) is 0 Å². The average molecular weight is 757 g/mol. The van der Waals surface area contributed by atoms with Gasteiger partial charge in [0.2, 0.25) is 0 Å². The quantitative estimate of drug-likeness (QED) is 0.150. The van der Waals surface area contributed by atoms with Crippen LogP contribution >= 0.6 is 0 Å². The number of nitrogens with two attached hydrogens (primary N) is 1. The van der Waals surface area contributed by atoms with Crippen LogP contribution in [-0.2, 0) is 43.8 Å². The van der Waals surface area contributed by atoms with Crippen molar-refractivity contribution in [2.75, 3.05) is 45.0 Å². The number of Topliss-reactive ketones (excluding diaryl/α,β-unsaturated/α-hetero) is 1. The van der Waals surface area contributed by atoms with Crippen molar-refractivity contribution in [2.24, 2.45) is 5.92 Å². The number of pyridine rings is 3. The summed E-state index contributed by atoms with van der Waals surface area (Å²) in [6.45, 7) is 6.53. The second-order valence-corrected chi connectivity index (χ2v) is 15.1. The third-order valence-electron chi connectivity index (χ3n) is 9.18. The molecule has 0 amide bonds. The number of anilines is 1. The highest BCUT2D eigenvalue weighted by Crippen LogP contribution is 2.29. The van der Waals surface area contributed by atoms with Gasteiger partial charge in [-0.3, -0.25) is 23.8 Å². The molecule has 0 spiro atoms. The molecule has 284 valence electrons. The van der Waals surface area contributed by atoms with Crippen LogP contribution in [-0.4, -0.2) is 88.5 Å². The Morgan fingerprint density at radius 1 is 0.889 bits per heavy atom. The lowest BCUT2D eigenvalue weighted by Gasteiger charge is -2.23. The summed E-state index contributed by atoms with van der Waals surface area (Å²) in [7, 11) is -3.67. The number of ketones is 1. The summed E-state index contributed by atoms with van der Waals surface area (Å²) in [5, 5.41) is 4.49. The molecule has 1 atom stereocenters. The number of nitrogen functional groups attached to an aromatic ring is 1. The minimum Gasteiger partial charge on any atom is -0.383 e. The van der Waals surface area contributed by atoms with Gasteiger partial charge in [0.25, 0.3) is 10.1 Å². The molecule has 15 heteroatoms. The third-order valence-corrected chi connectivity index (χ3v) is 9.18. The molecule has 2 saturated heterocycles. The Bertz CT molecular complexity index is 2220. The summed E-state index contributed by atoms with van der Waals surface area (Å²) in [6, 6.07) is 13.4. The number of aromatic nitrogens is 5. The van der Waals surface area contributed by atoms with Crippen LogP contribution in [0.5, 0.6) is 0 Å². The normalized spacial score (nSPS) is 16.4. The largest absolute Gasteiger partial charge is 0.383 e. The van der Waals surface area contributed by atoms with Gasteiger partial charge in [0.05, 0.1) is 50.1 Å². The van der Waals surface area contributed by atoms with E-state index < -0.39 is 10.1 Å². The molecule has 0 aliphatic carbocycles. The first-order valence-electron chi connectivity index (χ1n) is 17.7. The maximum Gasteiger partial charge on any atom is 0.261 e. The first-order chi connectivity index (χ1) is 25.9. The Labute approximate surface area is 313 Å².